The van der Waals surface area contributed by atoms with Crippen LogP contribution in [0.5, 0.6) is 11.5 Å². The molecule has 4 nitrogen and oxygen atoms in total. The van der Waals surface area contributed by atoms with Gasteiger partial charge in [-0.05, 0) is 36.8 Å². The molecule has 1 atom stereocenters. The summed E-state index contributed by atoms with van der Waals surface area (Å²) in [6.45, 7) is 1.87. The zero-order valence-corrected chi connectivity index (χ0v) is 14.5. The molecular formula is C17H17Cl2NO3. The van der Waals surface area contributed by atoms with Gasteiger partial charge in [0.1, 0.15) is 11.5 Å². The van der Waals surface area contributed by atoms with Crippen molar-refractivity contribution in [1.29, 1.82) is 0 Å². The fourth-order valence-corrected chi connectivity index (χ4v) is 2.43. The number of nitrogens with one attached hydrogen (secondary N) is 1. The minimum absolute atomic E-state index is 0.232. The van der Waals surface area contributed by atoms with Crippen molar-refractivity contribution in [3.05, 3.63) is 57.6 Å². The van der Waals surface area contributed by atoms with Gasteiger partial charge >= 0.3 is 0 Å². The highest BCUT2D eigenvalue weighted by molar-refractivity contribution is 6.42. The van der Waals surface area contributed by atoms with Crippen molar-refractivity contribution in [3.8, 4) is 11.5 Å². The van der Waals surface area contributed by atoms with Crippen molar-refractivity contribution in [1.82, 2.24) is 5.32 Å². The van der Waals surface area contributed by atoms with E-state index in [0.29, 0.717) is 27.1 Å². The maximum atomic E-state index is 12.5. The fraction of sp³-hybridized carbons (Fsp3) is 0.235. The molecule has 0 spiro atoms. The maximum absolute atomic E-state index is 12.5. The number of hydrogen-bond acceptors (Lipinski definition) is 3. The van der Waals surface area contributed by atoms with E-state index in [9.17, 15) is 4.79 Å². The normalized spacial score (nSPS) is 11.7. The van der Waals surface area contributed by atoms with E-state index in [1.54, 1.807) is 37.4 Å². The summed E-state index contributed by atoms with van der Waals surface area (Å²) in [5.41, 5.74) is 1.29. The number of hydrogen-bond donors (Lipinski definition) is 1. The van der Waals surface area contributed by atoms with Crippen molar-refractivity contribution in [2.45, 2.75) is 13.0 Å². The summed E-state index contributed by atoms with van der Waals surface area (Å²) in [5, 5.41) is 3.84. The molecule has 0 saturated heterocycles. The van der Waals surface area contributed by atoms with Gasteiger partial charge in [-0.3, -0.25) is 4.79 Å². The number of carbonyl (C=O) groups is 1. The van der Waals surface area contributed by atoms with Gasteiger partial charge in [0, 0.05) is 6.07 Å². The van der Waals surface area contributed by atoms with Crippen LogP contribution in [0.4, 0.5) is 0 Å². The van der Waals surface area contributed by atoms with E-state index in [4.69, 9.17) is 32.7 Å². The first kappa shape index (κ1) is 17.4. The number of benzene rings is 2. The van der Waals surface area contributed by atoms with E-state index in [1.165, 1.54) is 7.11 Å². The Labute approximate surface area is 145 Å². The Bertz CT molecular complexity index is 719. The molecule has 0 radical (unpaired) electrons. The molecule has 23 heavy (non-hydrogen) atoms. The summed E-state index contributed by atoms with van der Waals surface area (Å²) in [6.07, 6.45) is 0. The Kier molecular flexibility index (Phi) is 5.74. The predicted octanol–water partition coefficient (Wildman–Crippen LogP) is 4.50. The molecule has 0 saturated carbocycles. The molecule has 1 amide bonds. The van der Waals surface area contributed by atoms with E-state index in [0.717, 1.165) is 5.56 Å². The number of carbonyl (C=O) groups excluding carboxylic acids is 1. The van der Waals surface area contributed by atoms with Crippen LogP contribution >= 0.6 is 23.2 Å². The van der Waals surface area contributed by atoms with Crippen molar-refractivity contribution in [2.75, 3.05) is 14.2 Å². The smallest absolute Gasteiger partial charge is 0.255 e. The molecule has 0 fully saturated rings. The standard InChI is InChI=1S/C17H17Cl2NO3/c1-10(11-4-7-14(18)15(19)8-11)20-17(21)13-6-5-12(22-2)9-16(13)23-3/h4-10H,1-3H3,(H,20,21)/t10-/m1/s1. The molecule has 122 valence electrons. The third kappa shape index (κ3) is 4.09. The Balaban J connectivity index is 2.19. The number of halogens is 2. The summed E-state index contributed by atoms with van der Waals surface area (Å²) in [4.78, 5) is 12.5. The molecule has 6 heteroatoms. The van der Waals surface area contributed by atoms with Gasteiger partial charge in [0.25, 0.3) is 5.91 Å². The molecule has 2 aromatic rings. The number of rotatable bonds is 5. The molecular weight excluding hydrogens is 337 g/mol. The van der Waals surface area contributed by atoms with E-state index in [2.05, 4.69) is 5.32 Å². The molecule has 0 aromatic heterocycles. The van der Waals surface area contributed by atoms with Gasteiger partial charge in [-0.2, -0.15) is 0 Å². The second-order valence-electron chi connectivity index (χ2n) is 4.93. The zero-order chi connectivity index (χ0) is 17.0. The highest BCUT2D eigenvalue weighted by atomic mass is 35.5. The minimum Gasteiger partial charge on any atom is -0.497 e. The van der Waals surface area contributed by atoms with Crippen LogP contribution in [-0.4, -0.2) is 20.1 Å². The number of methoxy groups -OCH3 is 2. The third-order valence-electron chi connectivity index (χ3n) is 3.44. The van der Waals surface area contributed by atoms with Gasteiger partial charge in [-0.25, -0.2) is 0 Å². The Morgan fingerprint density at radius 3 is 2.39 bits per heavy atom. The lowest BCUT2D eigenvalue weighted by Crippen LogP contribution is -2.27. The Morgan fingerprint density at radius 2 is 1.78 bits per heavy atom. The van der Waals surface area contributed by atoms with Gasteiger partial charge in [-0.1, -0.05) is 29.3 Å². The molecule has 0 heterocycles. The molecule has 2 rings (SSSR count). The number of ether oxygens (including phenoxy) is 2. The van der Waals surface area contributed by atoms with Crippen LogP contribution in [-0.2, 0) is 0 Å². The van der Waals surface area contributed by atoms with Gasteiger partial charge in [-0.15, -0.1) is 0 Å². The van der Waals surface area contributed by atoms with Gasteiger partial charge in [0.2, 0.25) is 0 Å². The zero-order valence-electron chi connectivity index (χ0n) is 13.0. The topological polar surface area (TPSA) is 47.6 Å². The van der Waals surface area contributed by atoms with Crippen LogP contribution in [0.2, 0.25) is 10.0 Å². The molecule has 0 bridgehead atoms. The van der Waals surface area contributed by atoms with Crippen LogP contribution in [0.15, 0.2) is 36.4 Å². The first-order valence-electron chi connectivity index (χ1n) is 6.94. The van der Waals surface area contributed by atoms with Crippen LogP contribution < -0.4 is 14.8 Å². The average Bonchev–Trinajstić information content (AvgIpc) is 2.56. The van der Waals surface area contributed by atoms with Gasteiger partial charge in [0.15, 0.2) is 0 Å². The largest absolute Gasteiger partial charge is 0.497 e. The van der Waals surface area contributed by atoms with Crippen molar-refractivity contribution in [2.24, 2.45) is 0 Å². The molecule has 2 aromatic carbocycles. The maximum Gasteiger partial charge on any atom is 0.255 e. The van der Waals surface area contributed by atoms with Crippen LogP contribution in [0.3, 0.4) is 0 Å². The van der Waals surface area contributed by atoms with E-state index < -0.39 is 0 Å². The lowest BCUT2D eigenvalue weighted by Gasteiger charge is -2.16. The summed E-state index contributed by atoms with van der Waals surface area (Å²) in [5.74, 6) is 0.821. The monoisotopic (exact) mass is 353 g/mol. The summed E-state index contributed by atoms with van der Waals surface area (Å²) >= 11 is 11.9. The second-order valence-corrected chi connectivity index (χ2v) is 5.75. The SMILES string of the molecule is COc1ccc(C(=O)N[C@H](C)c2ccc(Cl)c(Cl)c2)c(OC)c1. The summed E-state index contributed by atoms with van der Waals surface area (Å²) < 4.78 is 10.4. The first-order chi connectivity index (χ1) is 11.0. The van der Waals surface area contributed by atoms with Crippen LogP contribution in [0.25, 0.3) is 0 Å². The average molecular weight is 354 g/mol. The highest BCUT2D eigenvalue weighted by Crippen LogP contribution is 2.27. The van der Waals surface area contributed by atoms with Crippen LogP contribution in [0, 0.1) is 0 Å². The minimum atomic E-state index is -0.247. The summed E-state index contributed by atoms with van der Waals surface area (Å²) in [6, 6.07) is 10.1. The van der Waals surface area contributed by atoms with Crippen molar-refractivity contribution >= 4 is 29.1 Å². The predicted molar refractivity (Wildman–Crippen MR) is 91.9 cm³/mol. The van der Waals surface area contributed by atoms with Crippen molar-refractivity contribution in [3.63, 3.8) is 0 Å². The lowest BCUT2D eigenvalue weighted by molar-refractivity contribution is 0.0937. The first-order valence-corrected chi connectivity index (χ1v) is 7.69. The molecule has 0 aliphatic rings. The second kappa shape index (κ2) is 7.57. The Hall–Kier alpha value is -1.91. The van der Waals surface area contributed by atoms with Gasteiger partial charge < -0.3 is 14.8 Å². The van der Waals surface area contributed by atoms with E-state index >= 15 is 0 Å². The van der Waals surface area contributed by atoms with E-state index in [1.807, 2.05) is 13.0 Å². The molecule has 0 aliphatic carbocycles. The fourth-order valence-electron chi connectivity index (χ4n) is 2.13. The quantitative estimate of drug-likeness (QED) is 0.860. The van der Waals surface area contributed by atoms with Crippen molar-refractivity contribution < 1.29 is 14.3 Å². The summed E-state index contributed by atoms with van der Waals surface area (Å²) in [7, 11) is 3.06. The molecule has 0 aliphatic heterocycles. The third-order valence-corrected chi connectivity index (χ3v) is 4.18. The van der Waals surface area contributed by atoms with E-state index in [-0.39, 0.29) is 11.9 Å². The molecule has 0 unspecified atom stereocenters. The Morgan fingerprint density at radius 1 is 1.04 bits per heavy atom. The van der Waals surface area contributed by atoms with Crippen LogP contribution in [0.1, 0.15) is 28.9 Å². The van der Waals surface area contributed by atoms with Gasteiger partial charge in [0.05, 0.1) is 35.9 Å². The number of amides is 1. The highest BCUT2D eigenvalue weighted by Gasteiger charge is 2.16. The lowest BCUT2D eigenvalue weighted by atomic mass is 10.1. The molecule has 1 N–H and O–H groups in total.